The number of carbonyl (C=O) groups excluding carboxylic acids is 2. The van der Waals surface area contributed by atoms with Gasteiger partial charge in [-0.1, -0.05) is 74.5 Å². The van der Waals surface area contributed by atoms with Gasteiger partial charge in [0.2, 0.25) is 15.9 Å². The van der Waals surface area contributed by atoms with Gasteiger partial charge in [-0.2, -0.15) is 4.31 Å². The van der Waals surface area contributed by atoms with Crippen LogP contribution < -0.4 is 16.4 Å². The lowest BCUT2D eigenvalue weighted by atomic mass is 9.84. The molecule has 0 heterocycles. The van der Waals surface area contributed by atoms with Crippen molar-refractivity contribution < 1.29 is 27.9 Å². The van der Waals surface area contributed by atoms with Crippen LogP contribution >= 0.6 is 0 Å². The molecule has 1 fully saturated rings. The fourth-order valence-electron chi connectivity index (χ4n) is 6.14. The number of anilines is 1. The molecule has 0 aliphatic heterocycles. The third-order valence-electron chi connectivity index (χ3n) is 8.99. The van der Waals surface area contributed by atoms with E-state index in [1.165, 1.54) is 23.5 Å². The molecule has 0 saturated heterocycles. The maximum absolute atomic E-state index is 14.1. The molecule has 0 aromatic heterocycles. The summed E-state index contributed by atoms with van der Waals surface area (Å²) in [5.41, 5.74) is 8.02. The van der Waals surface area contributed by atoms with Crippen molar-refractivity contribution in [3.8, 4) is 0 Å². The number of methoxy groups -OCH3 is 1. The van der Waals surface area contributed by atoms with Crippen LogP contribution in [0.4, 0.5) is 10.5 Å². The van der Waals surface area contributed by atoms with Crippen LogP contribution in [0.25, 0.3) is 0 Å². The van der Waals surface area contributed by atoms with Gasteiger partial charge in [0.25, 0.3) is 0 Å². The number of carbonyl (C=O) groups is 2. The van der Waals surface area contributed by atoms with Gasteiger partial charge in [0, 0.05) is 30.2 Å². The predicted molar refractivity (Wildman–Crippen MR) is 188 cm³/mol. The summed E-state index contributed by atoms with van der Waals surface area (Å²) in [6, 6.07) is 23.5. The molecule has 260 valence electrons. The van der Waals surface area contributed by atoms with Crippen molar-refractivity contribution in [3.05, 3.63) is 96.1 Å². The Hall–Kier alpha value is -3.93. The molecule has 3 aromatic carbocycles. The Morgan fingerprint density at radius 1 is 0.896 bits per heavy atom. The summed E-state index contributed by atoms with van der Waals surface area (Å²) in [7, 11) is -2.62. The number of ether oxygens (including phenoxy) is 1. The number of hydrogen-bond donors (Lipinski definition) is 4. The number of amides is 2. The fraction of sp³-hybridized carbons (Fsp3) is 0.459. The van der Waals surface area contributed by atoms with Crippen LogP contribution in [0.3, 0.4) is 0 Å². The van der Waals surface area contributed by atoms with Crippen LogP contribution in [0, 0.1) is 11.8 Å². The number of benzene rings is 3. The molecule has 0 spiro atoms. The van der Waals surface area contributed by atoms with Crippen molar-refractivity contribution in [2.24, 2.45) is 11.8 Å². The Kier molecular flexibility index (Phi) is 13.4. The zero-order valence-electron chi connectivity index (χ0n) is 28.1. The topological polar surface area (TPSA) is 151 Å². The molecule has 2 amide bonds. The first-order chi connectivity index (χ1) is 23.0. The Morgan fingerprint density at radius 3 is 1.98 bits per heavy atom. The van der Waals surface area contributed by atoms with Gasteiger partial charge in [-0.3, -0.25) is 4.79 Å². The first kappa shape index (κ1) is 36.9. The lowest BCUT2D eigenvalue weighted by Crippen LogP contribution is -2.53. The highest BCUT2D eigenvalue weighted by Crippen LogP contribution is 2.36. The lowest BCUT2D eigenvalue weighted by Gasteiger charge is -2.31. The SMILES string of the molecule is COC(=O)N[C@H](C(=O)N[C@H](CCC[C@@H](CO)N(CCC(C)C)S(=O)(=O)c1ccc(N)cc1)C1CC1)C(c1ccccc1)c1ccccc1. The number of aliphatic hydroxyl groups is 1. The first-order valence-electron chi connectivity index (χ1n) is 16.8. The lowest BCUT2D eigenvalue weighted by molar-refractivity contribution is -0.124. The number of rotatable bonds is 18. The van der Waals surface area contributed by atoms with E-state index in [1.807, 2.05) is 74.5 Å². The molecular weight excluding hydrogens is 628 g/mol. The largest absolute Gasteiger partial charge is 0.453 e. The molecule has 5 N–H and O–H groups in total. The van der Waals surface area contributed by atoms with Crippen LogP contribution in [0.15, 0.2) is 89.8 Å². The van der Waals surface area contributed by atoms with E-state index in [9.17, 15) is 23.1 Å². The maximum Gasteiger partial charge on any atom is 0.407 e. The second-order valence-electron chi connectivity index (χ2n) is 13.0. The minimum Gasteiger partial charge on any atom is -0.453 e. The molecule has 10 nitrogen and oxygen atoms in total. The van der Waals surface area contributed by atoms with E-state index in [0.717, 1.165) is 24.0 Å². The summed E-state index contributed by atoms with van der Waals surface area (Å²) < 4.78 is 33.9. The standard InChI is InChI=1S/C37H50N4O6S/c1-26(2)23-24-41(48(45,46)32-21-19-30(38)20-22-32)31(25-42)15-10-16-33(27-17-18-27)39-36(43)35(40-37(44)47-3)34(28-11-6-4-7-12-28)29-13-8-5-9-14-29/h4-9,11-14,19-22,26-27,31,33-35,42H,10,15-18,23-25,38H2,1-3H3,(H,39,43)(H,40,44)/t31-,33+,35-/m0/s1. The predicted octanol–water partition coefficient (Wildman–Crippen LogP) is 5.29. The number of aliphatic hydroxyl groups excluding tert-OH is 1. The van der Waals surface area contributed by atoms with Crippen molar-refractivity contribution in [1.82, 2.24) is 14.9 Å². The zero-order chi connectivity index (χ0) is 34.7. The molecule has 1 aliphatic carbocycles. The number of hydrogen-bond acceptors (Lipinski definition) is 7. The molecule has 0 unspecified atom stereocenters. The highest BCUT2D eigenvalue weighted by molar-refractivity contribution is 7.89. The summed E-state index contributed by atoms with van der Waals surface area (Å²) in [6.07, 6.45) is 3.47. The molecule has 11 heteroatoms. The van der Waals surface area contributed by atoms with Crippen molar-refractivity contribution in [1.29, 1.82) is 0 Å². The first-order valence-corrected chi connectivity index (χ1v) is 18.2. The number of nitrogens with one attached hydrogen (secondary N) is 2. The quantitative estimate of drug-likeness (QED) is 0.134. The van der Waals surface area contributed by atoms with E-state index in [-0.39, 0.29) is 41.8 Å². The fourth-order valence-corrected chi connectivity index (χ4v) is 7.80. The molecule has 4 rings (SSSR count). The minimum atomic E-state index is -3.89. The molecule has 1 aliphatic rings. The van der Waals surface area contributed by atoms with E-state index in [2.05, 4.69) is 10.6 Å². The van der Waals surface area contributed by atoms with Crippen LogP contribution in [0.2, 0.25) is 0 Å². The van der Waals surface area contributed by atoms with Gasteiger partial charge < -0.3 is 26.2 Å². The van der Waals surface area contributed by atoms with Crippen LogP contribution in [0.5, 0.6) is 0 Å². The van der Waals surface area contributed by atoms with Crippen molar-refractivity contribution in [2.45, 2.75) is 81.3 Å². The second kappa shape index (κ2) is 17.5. The number of nitrogens with two attached hydrogens (primary N) is 1. The summed E-state index contributed by atoms with van der Waals surface area (Å²) in [5.74, 6) is -0.246. The third kappa shape index (κ3) is 10.0. The Labute approximate surface area is 285 Å². The second-order valence-corrected chi connectivity index (χ2v) is 14.9. The van der Waals surface area contributed by atoms with Crippen molar-refractivity contribution in [2.75, 3.05) is 26.0 Å². The van der Waals surface area contributed by atoms with E-state index in [0.29, 0.717) is 31.4 Å². The highest BCUT2D eigenvalue weighted by atomic mass is 32.2. The highest BCUT2D eigenvalue weighted by Gasteiger charge is 2.38. The molecule has 0 radical (unpaired) electrons. The van der Waals surface area contributed by atoms with Gasteiger partial charge in [0.1, 0.15) is 6.04 Å². The molecule has 0 bridgehead atoms. The molecular formula is C37H50N4O6S. The maximum atomic E-state index is 14.1. The summed E-state index contributed by atoms with van der Waals surface area (Å²) in [6.45, 7) is 4.02. The number of sulfonamides is 1. The Bertz CT molecular complexity index is 1510. The molecule has 1 saturated carbocycles. The number of alkyl carbamates (subject to hydrolysis) is 1. The summed E-state index contributed by atoms with van der Waals surface area (Å²) in [4.78, 5) is 26.8. The Balaban J connectivity index is 1.52. The average molecular weight is 679 g/mol. The minimum absolute atomic E-state index is 0.137. The normalized spacial score (nSPS) is 15.2. The van der Waals surface area contributed by atoms with Gasteiger partial charge in [-0.25, -0.2) is 13.2 Å². The van der Waals surface area contributed by atoms with Crippen LogP contribution in [-0.2, 0) is 19.6 Å². The van der Waals surface area contributed by atoms with Gasteiger partial charge >= 0.3 is 6.09 Å². The zero-order valence-corrected chi connectivity index (χ0v) is 28.9. The Morgan fingerprint density at radius 2 is 1.48 bits per heavy atom. The van der Waals surface area contributed by atoms with E-state index in [4.69, 9.17) is 10.5 Å². The number of nitrogens with zero attached hydrogens (tertiary/aromatic N) is 1. The number of nitrogen functional groups attached to an aromatic ring is 1. The molecule has 48 heavy (non-hydrogen) atoms. The van der Waals surface area contributed by atoms with Gasteiger partial charge in [-0.15, -0.1) is 0 Å². The van der Waals surface area contributed by atoms with Gasteiger partial charge in [-0.05, 0) is 85.8 Å². The van der Waals surface area contributed by atoms with E-state index >= 15 is 0 Å². The van der Waals surface area contributed by atoms with Gasteiger partial charge in [0.15, 0.2) is 0 Å². The van der Waals surface area contributed by atoms with Crippen LogP contribution in [0.1, 0.15) is 69.4 Å². The van der Waals surface area contributed by atoms with E-state index < -0.39 is 34.1 Å². The van der Waals surface area contributed by atoms with Crippen molar-refractivity contribution in [3.63, 3.8) is 0 Å². The average Bonchev–Trinajstić information content (AvgIpc) is 3.93. The van der Waals surface area contributed by atoms with E-state index in [1.54, 1.807) is 12.1 Å². The molecule has 3 aromatic rings. The van der Waals surface area contributed by atoms with Crippen LogP contribution in [-0.4, -0.2) is 68.2 Å². The monoisotopic (exact) mass is 678 g/mol. The third-order valence-corrected chi connectivity index (χ3v) is 11.0. The summed E-state index contributed by atoms with van der Waals surface area (Å²) in [5, 5.41) is 16.5. The van der Waals surface area contributed by atoms with Gasteiger partial charge in [0.05, 0.1) is 18.6 Å². The molecule has 3 atom stereocenters. The summed E-state index contributed by atoms with van der Waals surface area (Å²) >= 11 is 0. The van der Waals surface area contributed by atoms with Crippen molar-refractivity contribution >= 4 is 27.7 Å². The smallest absolute Gasteiger partial charge is 0.407 e.